The molecule has 0 saturated carbocycles. The lowest BCUT2D eigenvalue weighted by atomic mass is 10.2. The molecule has 0 spiro atoms. The zero-order valence-electron chi connectivity index (χ0n) is 9.44. The molecule has 0 atom stereocenters. The first-order valence-corrected chi connectivity index (χ1v) is 6.30. The Kier molecular flexibility index (Phi) is 3.92. The highest BCUT2D eigenvalue weighted by Crippen LogP contribution is 2.23. The molecule has 0 unspecified atom stereocenters. The molecule has 0 bridgehead atoms. The van der Waals surface area contributed by atoms with Crippen molar-refractivity contribution >= 4 is 45.0 Å². The Morgan fingerprint density at radius 2 is 2.00 bits per heavy atom. The molecule has 0 aliphatic rings. The van der Waals surface area contributed by atoms with E-state index >= 15 is 0 Å². The molecule has 2 rings (SSSR count). The quantitative estimate of drug-likeness (QED) is 0.898. The van der Waals surface area contributed by atoms with Crippen LogP contribution in [0.4, 0.5) is 5.69 Å². The molecule has 5 nitrogen and oxygen atoms in total. The third-order valence-electron chi connectivity index (χ3n) is 2.36. The Bertz CT molecular complexity index is 654. The molecule has 0 aliphatic carbocycles. The van der Waals surface area contributed by atoms with Crippen LogP contribution in [0.5, 0.6) is 0 Å². The fraction of sp³-hybridized carbons (Fsp3) is 0. The number of hydrogen-bond donors (Lipinski definition) is 2. The minimum absolute atomic E-state index is 0.177. The van der Waals surface area contributed by atoms with E-state index in [1.807, 2.05) is 0 Å². The average Bonchev–Trinajstić information content (AvgIpc) is 2.75. The van der Waals surface area contributed by atoms with Gasteiger partial charge in [-0.2, -0.15) is 0 Å². The number of benzene rings is 1. The number of nitrogens with two attached hydrogens (primary N) is 1. The van der Waals surface area contributed by atoms with E-state index in [4.69, 9.17) is 21.8 Å². The zero-order valence-corrected chi connectivity index (χ0v) is 11.8. The van der Waals surface area contributed by atoms with E-state index in [-0.39, 0.29) is 16.5 Å². The Morgan fingerprint density at radius 3 is 2.53 bits per heavy atom. The van der Waals surface area contributed by atoms with Crippen LogP contribution in [0.3, 0.4) is 0 Å². The molecule has 2 aromatic rings. The average molecular weight is 344 g/mol. The summed E-state index contributed by atoms with van der Waals surface area (Å²) in [5.41, 5.74) is 6.14. The zero-order chi connectivity index (χ0) is 14.0. The maximum Gasteiger partial charge on any atom is 0.260 e. The minimum Gasteiger partial charge on any atom is -0.457 e. The van der Waals surface area contributed by atoms with Gasteiger partial charge < -0.3 is 15.5 Å². The number of amides is 2. The van der Waals surface area contributed by atoms with Crippen LogP contribution in [0.25, 0.3) is 0 Å². The predicted molar refractivity (Wildman–Crippen MR) is 74.3 cm³/mol. The van der Waals surface area contributed by atoms with Crippen molar-refractivity contribution in [3.63, 3.8) is 0 Å². The molecule has 0 radical (unpaired) electrons. The third kappa shape index (κ3) is 2.97. The fourth-order valence-electron chi connectivity index (χ4n) is 1.45. The van der Waals surface area contributed by atoms with Gasteiger partial charge >= 0.3 is 0 Å². The topological polar surface area (TPSA) is 85.3 Å². The minimum atomic E-state index is -0.625. The van der Waals surface area contributed by atoms with Gasteiger partial charge in [0.2, 0.25) is 5.91 Å². The van der Waals surface area contributed by atoms with E-state index in [9.17, 15) is 9.59 Å². The van der Waals surface area contributed by atoms with Gasteiger partial charge in [0.1, 0.15) is 0 Å². The van der Waals surface area contributed by atoms with Crippen molar-refractivity contribution in [1.29, 1.82) is 0 Å². The summed E-state index contributed by atoms with van der Waals surface area (Å²) in [4.78, 5) is 22.9. The van der Waals surface area contributed by atoms with Gasteiger partial charge in [0.15, 0.2) is 4.67 Å². The number of carbonyl (C=O) groups excluding carboxylic acids is 2. The van der Waals surface area contributed by atoms with Crippen LogP contribution in [0.15, 0.2) is 39.6 Å². The summed E-state index contributed by atoms with van der Waals surface area (Å²) in [5, 5.41) is 2.80. The molecule has 1 heterocycles. The predicted octanol–water partition coefficient (Wildman–Crippen LogP) is 3.05. The second-order valence-electron chi connectivity index (χ2n) is 3.62. The Morgan fingerprint density at radius 1 is 1.26 bits per heavy atom. The molecule has 7 heteroatoms. The van der Waals surface area contributed by atoms with E-state index in [0.29, 0.717) is 15.9 Å². The number of anilines is 1. The van der Waals surface area contributed by atoms with Crippen molar-refractivity contribution in [3.8, 4) is 0 Å². The largest absolute Gasteiger partial charge is 0.457 e. The molecule has 1 aromatic heterocycles. The molecule has 0 fully saturated rings. The van der Waals surface area contributed by atoms with Gasteiger partial charge in [0, 0.05) is 5.69 Å². The highest BCUT2D eigenvalue weighted by Gasteiger charge is 2.14. The van der Waals surface area contributed by atoms with Crippen molar-refractivity contribution in [2.45, 2.75) is 0 Å². The summed E-state index contributed by atoms with van der Waals surface area (Å²) in [6, 6.07) is 5.97. The van der Waals surface area contributed by atoms with E-state index in [0.717, 1.165) is 0 Å². The van der Waals surface area contributed by atoms with Crippen LogP contribution in [0.1, 0.15) is 20.7 Å². The molecule has 98 valence electrons. The molecule has 0 aliphatic heterocycles. The highest BCUT2D eigenvalue weighted by atomic mass is 79.9. The van der Waals surface area contributed by atoms with E-state index in [1.165, 1.54) is 30.5 Å². The van der Waals surface area contributed by atoms with Gasteiger partial charge in [-0.15, -0.1) is 0 Å². The summed E-state index contributed by atoms with van der Waals surface area (Å²) in [6.07, 6.45) is 1.39. The molecule has 3 N–H and O–H groups in total. The third-order valence-corrected chi connectivity index (χ3v) is 3.28. The number of halogens is 2. The van der Waals surface area contributed by atoms with Crippen LogP contribution < -0.4 is 11.1 Å². The molecule has 19 heavy (non-hydrogen) atoms. The lowest BCUT2D eigenvalue weighted by Crippen LogP contribution is -2.14. The summed E-state index contributed by atoms with van der Waals surface area (Å²) < 4.78 is 5.30. The van der Waals surface area contributed by atoms with E-state index in [2.05, 4.69) is 21.2 Å². The first-order chi connectivity index (χ1) is 8.99. The van der Waals surface area contributed by atoms with Gasteiger partial charge in [0.25, 0.3) is 5.91 Å². The standard InChI is InChI=1S/C12H8BrClN2O3/c13-10-8(3-4-19-10)12(18)16-6-1-2-7(11(15)17)9(14)5-6/h1-5H,(H2,15,17)(H,16,18). The second kappa shape index (κ2) is 5.46. The number of furan rings is 1. The van der Waals surface area contributed by atoms with Gasteiger partial charge in [-0.25, -0.2) is 0 Å². The lowest BCUT2D eigenvalue weighted by molar-refractivity contribution is 0.0998. The van der Waals surface area contributed by atoms with Crippen molar-refractivity contribution in [2.75, 3.05) is 5.32 Å². The van der Waals surface area contributed by atoms with Crippen molar-refractivity contribution in [1.82, 2.24) is 0 Å². The number of nitrogens with one attached hydrogen (secondary N) is 1. The normalized spacial score (nSPS) is 10.2. The Labute approximate surface area is 121 Å². The number of carbonyl (C=O) groups is 2. The summed E-state index contributed by atoms with van der Waals surface area (Å²) >= 11 is 8.99. The molecule has 0 saturated heterocycles. The smallest absolute Gasteiger partial charge is 0.260 e. The van der Waals surface area contributed by atoms with Crippen molar-refractivity contribution < 1.29 is 14.0 Å². The van der Waals surface area contributed by atoms with Gasteiger partial charge in [-0.1, -0.05) is 11.6 Å². The number of hydrogen-bond acceptors (Lipinski definition) is 3. The van der Waals surface area contributed by atoms with Gasteiger partial charge in [-0.3, -0.25) is 9.59 Å². The van der Waals surface area contributed by atoms with Crippen LogP contribution in [-0.2, 0) is 0 Å². The van der Waals surface area contributed by atoms with Crippen LogP contribution in [0, 0.1) is 0 Å². The fourth-order valence-corrected chi connectivity index (χ4v) is 2.14. The first kappa shape index (κ1) is 13.6. The summed E-state index contributed by atoms with van der Waals surface area (Å²) in [6.45, 7) is 0. The molecule has 2 amide bonds. The van der Waals surface area contributed by atoms with Gasteiger partial charge in [-0.05, 0) is 40.2 Å². The van der Waals surface area contributed by atoms with Crippen LogP contribution in [0.2, 0.25) is 5.02 Å². The van der Waals surface area contributed by atoms with Gasteiger partial charge in [0.05, 0.1) is 22.4 Å². The molecule has 1 aromatic carbocycles. The molecular formula is C12H8BrClN2O3. The Balaban J connectivity index is 2.21. The summed E-state index contributed by atoms with van der Waals surface area (Å²) in [7, 11) is 0. The van der Waals surface area contributed by atoms with Crippen molar-refractivity contribution in [3.05, 3.63) is 51.3 Å². The second-order valence-corrected chi connectivity index (χ2v) is 4.75. The van der Waals surface area contributed by atoms with E-state index < -0.39 is 5.91 Å². The maximum absolute atomic E-state index is 11.9. The first-order valence-electron chi connectivity index (χ1n) is 5.12. The monoisotopic (exact) mass is 342 g/mol. The number of rotatable bonds is 3. The van der Waals surface area contributed by atoms with Crippen LogP contribution >= 0.6 is 27.5 Å². The Hall–Kier alpha value is -1.79. The SMILES string of the molecule is NC(=O)c1ccc(NC(=O)c2ccoc2Br)cc1Cl. The lowest BCUT2D eigenvalue weighted by Gasteiger charge is -2.06. The highest BCUT2D eigenvalue weighted by molar-refractivity contribution is 9.10. The maximum atomic E-state index is 11.9. The van der Waals surface area contributed by atoms with Crippen LogP contribution in [-0.4, -0.2) is 11.8 Å². The van der Waals surface area contributed by atoms with E-state index in [1.54, 1.807) is 0 Å². The molecular weight excluding hydrogens is 336 g/mol. The summed E-state index contributed by atoms with van der Waals surface area (Å²) in [5.74, 6) is -0.982. The van der Waals surface area contributed by atoms with Crippen molar-refractivity contribution in [2.24, 2.45) is 5.73 Å². The number of primary amides is 1.